The largest absolute Gasteiger partial charge is 0.511 e. The number of benzene rings is 1. The van der Waals surface area contributed by atoms with E-state index in [4.69, 9.17) is 0 Å². The number of anilines is 1. The van der Waals surface area contributed by atoms with Crippen LogP contribution in [0.4, 0.5) is 23.2 Å². The number of carbonyl (C=O) groups excluding carboxylic acids is 1. The zero-order valence-electron chi connectivity index (χ0n) is 15.5. The Hall–Kier alpha value is -2.41. The van der Waals surface area contributed by atoms with Gasteiger partial charge in [-0.3, -0.25) is 9.79 Å². The van der Waals surface area contributed by atoms with Gasteiger partial charge in [-0.25, -0.2) is 12.8 Å². The lowest BCUT2D eigenvalue weighted by Crippen LogP contribution is -2.52. The molecule has 1 aromatic carbocycles. The van der Waals surface area contributed by atoms with Gasteiger partial charge in [0.1, 0.15) is 5.82 Å². The molecule has 0 radical (unpaired) electrons. The van der Waals surface area contributed by atoms with Gasteiger partial charge in [0.05, 0.1) is 6.54 Å². The lowest BCUT2D eigenvalue weighted by molar-refractivity contribution is -0.115. The molecular weight excluding hydrogens is 418 g/mol. The average molecular weight is 439 g/mol. The molecule has 3 N–H and O–H groups in total. The van der Waals surface area contributed by atoms with Crippen LogP contribution in [0.2, 0.25) is 0 Å². The van der Waals surface area contributed by atoms with E-state index in [0.717, 1.165) is 0 Å². The summed E-state index contributed by atoms with van der Waals surface area (Å²) in [5.41, 5.74) is -4.90. The molecule has 0 atom stereocenters. The summed E-state index contributed by atoms with van der Waals surface area (Å²) in [6, 6.07) is 4.91. The minimum Gasteiger partial charge on any atom is -0.354 e. The van der Waals surface area contributed by atoms with E-state index < -0.39 is 27.3 Å². The molecule has 0 unspecified atom stereocenters. The molecule has 29 heavy (non-hydrogen) atoms. The Kier molecular flexibility index (Phi) is 7.41. The average Bonchev–Trinajstić information content (AvgIpc) is 2.66. The maximum atomic E-state index is 12.9. The topological polar surface area (TPSA) is 103 Å². The van der Waals surface area contributed by atoms with Crippen molar-refractivity contribution in [2.45, 2.75) is 24.4 Å². The van der Waals surface area contributed by atoms with Crippen LogP contribution in [0.25, 0.3) is 0 Å². The number of nitrogens with zero attached hydrogens (tertiary/aromatic N) is 2. The molecule has 2 rings (SSSR count). The van der Waals surface area contributed by atoms with Crippen molar-refractivity contribution in [1.82, 2.24) is 14.9 Å². The smallest absolute Gasteiger partial charge is 0.354 e. The molecule has 0 saturated carbocycles. The van der Waals surface area contributed by atoms with Crippen LogP contribution in [-0.4, -0.2) is 62.8 Å². The van der Waals surface area contributed by atoms with E-state index in [2.05, 4.69) is 20.9 Å². The summed E-state index contributed by atoms with van der Waals surface area (Å²) < 4.78 is 73.9. The summed E-state index contributed by atoms with van der Waals surface area (Å²) in [5, 5.41) is 8.26. The molecule has 0 aliphatic carbocycles. The van der Waals surface area contributed by atoms with Crippen LogP contribution in [-0.2, 0) is 14.8 Å². The van der Waals surface area contributed by atoms with E-state index in [0.29, 0.717) is 9.99 Å². The van der Waals surface area contributed by atoms with Gasteiger partial charge in [0.2, 0.25) is 5.91 Å². The second-order valence-electron chi connectivity index (χ2n) is 6.25. The molecule has 1 aliphatic rings. The Morgan fingerprint density at radius 2 is 1.79 bits per heavy atom. The number of halogens is 4. The van der Waals surface area contributed by atoms with E-state index in [1.165, 1.54) is 31.3 Å². The van der Waals surface area contributed by atoms with Crippen LogP contribution < -0.4 is 16.0 Å². The number of amides is 1. The predicted molar refractivity (Wildman–Crippen MR) is 99.1 cm³/mol. The maximum Gasteiger partial charge on any atom is 0.511 e. The van der Waals surface area contributed by atoms with E-state index in [1.54, 1.807) is 0 Å². The number of nitrogens with one attached hydrogen (secondary N) is 3. The highest BCUT2D eigenvalue weighted by Crippen LogP contribution is 2.28. The van der Waals surface area contributed by atoms with Crippen LogP contribution >= 0.6 is 0 Å². The molecule has 1 aliphatic heterocycles. The minimum absolute atomic E-state index is 0.151. The Labute approximate surface area is 165 Å². The highest BCUT2D eigenvalue weighted by atomic mass is 32.2. The van der Waals surface area contributed by atoms with Crippen molar-refractivity contribution in [3.63, 3.8) is 0 Å². The molecular formula is C16H21F4N5O3S. The third-order valence-electron chi connectivity index (χ3n) is 4.20. The molecule has 1 fully saturated rings. The van der Waals surface area contributed by atoms with Gasteiger partial charge in [0, 0.05) is 31.9 Å². The van der Waals surface area contributed by atoms with Crippen molar-refractivity contribution >= 4 is 27.6 Å². The quantitative estimate of drug-likeness (QED) is 0.364. The second-order valence-corrected chi connectivity index (χ2v) is 8.18. The predicted octanol–water partition coefficient (Wildman–Crippen LogP) is 1.24. The molecule has 8 nitrogen and oxygen atoms in total. The van der Waals surface area contributed by atoms with Gasteiger partial charge in [-0.2, -0.15) is 17.5 Å². The van der Waals surface area contributed by atoms with Crippen molar-refractivity contribution in [2.24, 2.45) is 4.99 Å². The van der Waals surface area contributed by atoms with E-state index in [9.17, 15) is 30.8 Å². The molecule has 1 amide bonds. The number of carbonyl (C=O) groups is 1. The van der Waals surface area contributed by atoms with Gasteiger partial charge in [-0.15, -0.1) is 0 Å². The van der Waals surface area contributed by atoms with E-state index >= 15 is 0 Å². The lowest BCUT2D eigenvalue weighted by Gasteiger charge is -2.32. The number of guanidine groups is 1. The molecule has 162 valence electrons. The van der Waals surface area contributed by atoms with Crippen molar-refractivity contribution < 1.29 is 30.8 Å². The molecule has 1 heterocycles. The third-order valence-corrected chi connectivity index (χ3v) is 5.83. The number of rotatable bonds is 5. The minimum atomic E-state index is -5.33. The Balaban J connectivity index is 1.79. The Morgan fingerprint density at radius 3 is 2.31 bits per heavy atom. The number of hydrogen-bond donors (Lipinski definition) is 3. The van der Waals surface area contributed by atoms with Gasteiger partial charge in [-0.1, -0.05) is 0 Å². The first kappa shape index (κ1) is 22.9. The van der Waals surface area contributed by atoms with Crippen LogP contribution in [0.3, 0.4) is 0 Å². The molecule has 0 aromatic heterocycles. The van der Waals surface area contributed by atoms with Gasteiger partial charge in [0.25, 0.3) is 0 Å². The first-order valence-corrected chi connectivity index (χ1v) is 10.1. The summed E-state index contributed by atoms with van der Waals surface area (Å²) >= 11 is 0. The summed E-state index contributed by atoms with van der Waals surface area (Å²) in [6.07, 6.45) is 0.301. The van der Waals surface area contributed by atoms with E-state index in [1.807, 2.05) is 0 Å². The number of aliphatic imine (C=N–C) groups is 1. The zero-order valence-corrected chi connectivity index (χ0v) is 16.3. The van der Waals surface area contributed by atoms with Crippen molar-refractivity contribution in [3.8, 4) is 0 Å². The monoisotopic (exact) mass is 439 g/mol. The first-order chi connectivity index (χ1) is 13.5. The fourth-order valence-corrected chi connectivity index (χ4v) is 3.66. The second kappa shape index (κ2) is 9.39. The highest BCUT2D eigenvalue weighted by Gasteiger charge is 2.50. The van der Waals surface area contributed by atoms with Crippen LogP contribution in [0, 0.1) is 5.82 Å². The van der Waals surface area contributed by atoms with Crippen LogP contribution in [0.15, 0.2) is 29.3 Å². The number of piperidine rings is 1. The molecule has 0 spiro atoms. The molecule has 13 heteroatoms. The number of hydrogen-bond acceptors (Lipinski definition) is 4. The van der Waals surface area contributed by atoms with Gasteiger partial charge < -0.3 is 16.0 Å². The standard InChI is InChI=1S/C16H21F4N5O3S/c1-21-15(22-10-14(26)23-12-4-2-11(17)3-5-12)24-13-6-8-25(9-7-13)29(27,28)16(18,19)20/h2-5,13H,6-10H2,1H3,(H,23,26)(H2,21,22,24). The Bertz CT molecular complexity index is 835. The van der Waals surface area contributed by atoms with Gasteiger partial charge in [-0.05, 0) is 37.1 Å². The van der Waals surface area contributed by atoms with E-state index in [-0.39, 0.29) is 44.5 Å². The normalized spacial score (nSPS) is 17.1. The van der Waals surface area contributed by atoms with Crippen molar-refractivity contribution in [2.75, 3.05) is 32.0 Å². The van der Waals surface area contributed by atoms with Crippen LogP contribution in [0.1, 0.15) is 12.8 Å². The van der Waals surface area contributed by atoms with Gasteiger partial charge in [0.15, 0.2) is 5.96 Å². The summed E-state index contributed by atoms with van der Waals surface area (Å²) in [5.74, 6) is -0.596. The van der Waals surface area contributed by atoms with Gasteiger partial charge >= 0.3 is 15.5 Å². The van der Waals surface area contributed by atoms with Crippen LogP contribution in [0.5, 0.6) is 0 Å². The Morgan fingerprint density at radius 1 is 1.21 bits per heavy atom. The lowest BCUT2D eigenvalue weighted by atomic mass is 10.1. The molecule has 1 saturated heterocycles. The first-order valence-electron chi connectivity index (χ1n) is 8.62. The highest BCUT2D eigenvalue weighted by molar-refractivity contribution is 7.90. The fourth-order valence-electron chi connectivity index (χ4n) is 2.68. The van der Waals surface area contributed by atoms with Crippen molar-refractivity contribution in [3.05, 3.63) is 30.1 Å². The SMILES string of the molecule is CN=C(NCC(=O)Nc1ccc(F)cc1)NC1CCN(S(=O)(=O)C(F)(F)F)CC1. The summed E-state index contributed by atoms with van der Waals surface area (Å²) in [7, 11) is -3.87. The van der Waals surface area contributed by atoms with Crippen molar-refractivity contribution in [1.29, 1.82) is 0 Å². The number of sulfonamides is 1. The zero-order chi connectivity index (χ0) is 21.7. The fraction of sp³-hybridized carbons (Fsp3) is 0.500. The maximum absolute atomic E-state index is 12.9. The summed E-state index contributed by atoms with van der Waals surface area (Å²) in [4.78, 5) is 15.9. The number of alkyl halides is 3. The third kappa shape index (κ3) is 6.29. The summed E-state index contributed by atoms with van der Waals surface area (Å²) in [6.45, 7) is -0.707. The molecule has 1 aromatic rings. The molecule has 0 bridgehead atoms.